The van der Waals surface area contributed by atoms with Crippen LogP contribution in [0.1, 0.15) is 46.5 Å². The lowest BCUT2D eigenvalue weighted by atomic mass is 9.96. The van der Waals surface area contributed by atoms with Crippen molar-refractivity contribution >= 4 is 17.5 Å². The lowest BCUT2D eigenvalue weighted by molar-refractivity contribution is -0.134. The Hall–Kier alpha value is -2.28. The van der Waals surface area contributed by atoms with Crippen molar-refractivity contribution in [1.82, 2.24) is 9.80 Å². The maximum atomic E-state index is 12.8. The van der Waals surface area contributed by atoms with E-state index in [-0.39, 0.29) is 17.7 Å². The van der Waals surface area contributed by atoms with Gasteiger partial charge >= 0.3 is 0 Å². The molecule has 0 saturated carbocycles. The van der Waals surface area contributed by atoms with Crippen molar-refractivity contribution in [3.05, 3.63) is 18.2 Å². The zero-order chi connectivity index (χ0) is 21.9. The second-order valence-corrected chi connectivity index (χ2v) is 7.66. The summed E-state index contributed by atoms with van der Waals surface area (Å²) < 4.78 is 11.3. The van der Waals surface area contributed by atoms with Crippen molar-refractivity contribution in [1.29, 1.82) is 0 Å². The van der Waals surface area contributed by atoms with E-state index < -0.39 is 0 Å². The normalized spacial score (nSPS) is 16.4. The van der Waals surface area contributed by atoms with Gasteiger partial charge in [0.25, 0.3) is 0 Å². The molecule has 1 N–H and O–H groups in total. The number of nitrogens with one attached hydrogen (secondary N) is 1. The number of carbonyl (C=O) groups excluding carboxylic acids is 2. The summed E-state index contributed by atoms with van der Waals surface area (Å²) in [6, 6.07) is 5.43. The highest BCUT2D eigenvalue weighted by Crippen LogP contribution is 2.31. The first-order valence-corrected chi connectivity index (χ1v) is 11.1. The van der Waals surface area contributed by atoms with Gasteiger partial charge in [-0.05, 0) is 44.5 Å². The van der Waals surface area contributed by atoms with E-state index in [0.29, 0.717) is 36.8 Å². The van der Waals surface area contributed by atoms with Crippen LogP contribution in [0.4, 0.5) is 5.69 Å². The fourth-order valence-corrected chi connectivity index (χ4v) is 3.73. The van der Waals surface area contributed by atoms with Crippen molar-refractivity contribution in [3.63, 3.8) is 0 Å². The highest BCUT2D eigenvalue weighted by Gasteiger charge is 2.28. The second-order valence-electron chi connectivity index (χ2n) is 7.66. The molecule has 7 heteroatoms. The average Bonchev–Trinajstić information content (AvgIpc) is 2.77. The Balaban J connectivity index is 1.98. The van der Waals surface area contributed by atoms with E-state index in [1.165, 1.54) is 0 Å². The van der Waals surface area contributed by atoms with E-state index in [1.807, 2.05) is 24.0 Å². The first kappa shape index (κ1) is 24.0. The zero-order valence-electron chi connectivity index (χ0n) is 18.9. The molecule has 30 heavy (non-hydrogen) atoms. The maximum Gasteiger partial charge on any atom is 0.229 e. The highest BCUT2D eigenvalue weighted by molar-refractivity contribution is 5.93. The van der Waals surface area contributed by atoms with E-state index in [2.05, 4.69) is 24.1 Å². The van der Waals surface area contributed by atoms with Gasteiger partial charge in [-0.3, -0.25) is 9.59 Å². The number of nitrogens with zero attached hydrogens (tertiary/aromatic N) is 2. The Bertz CT molecular complexity index is 691. The van der Waals surface area contributed by atoms with Crippen molar-refractivity contribution in [2.45, 2.75) is 46.5 Å². The summed E-state index contributed by atoms with van der Waals surface area (Å²) in [5, 5.41) is 2.99. The molecule has 1 aliphatic rings. The molecule has 168 valence electrons. The van der Waals surface area contributed by atoms with Crippen molar-refractivity contribution in [2.75, 3.05) is 51.8 Å². The molecule has 1 atom stereocenters. The van der Waals surface area contributed by atoms with Crippen LogP contribution in [0.2, 0.25) is 0 Å². The van der Waals surface area contributed by atoms with Crippen LogP contribution in [-0.2, 0) is 9.59 Å². The Morgan fingerprint density at radius 3 is 2.63 bits per heavy atom. The summed E-state index contributed by atoms with van der Waals surface area (Å²) in [7, 11) is 1.61. The Morgan fingerprint density at radius 1 is 1.20 bits per heavy atom. The van der Waals surface area contributed by atoms with E-state index in [4.69, 9.17) is 9.47 Å². The van der Waals surface area contributed by atoms with Crippen LogP contribution >= 0.6 is 0 Å². The standard InChI is InChI=1S/C23H37N3O4/c1-5-9-22(27)26-13-8-10-18(17-26)23(28)24-19-11-12-20(29-4)21(16-19)30-15-14-25(6-2)7-3/h11-12,16,18H,5-10,13-15,17H2,1-4H3,(H,24,28). The highest BCUT2D eigenvalue weighted by atomic mass is 16.5. The third-order valence-electron chi connectivity index (χ3n) is 5.60. The molecule has 1 aromatic carbocycles. The smallest absolute Gasteiger partial charge is 0.229 e. The minimum atomic E-state index is -0.186. The average molecular weight is 420 g/mol. The van der Waals surface area contributed by atoms with Gasteiger partial charge in [-0.2, -0.15) is 0 Å². The predicted molar refractivity (Wildman–Crippen MR) is 119 cm³/mol. The number of amides is 2. The van der Waals surface area contributed by atoms with Gasteiger partial charge in [0.2, 0.25) is 11.8 Å². The third-order valence-corrected chi connectivity index (χ3v) is 5.60. The topological polar surface area (TPSA) is 71.1 Å². The van der Waals surface area contributed by atoms with E-state index in [0.717, 1.165) is 45.4 Å². The minimum absolute atomic E-state index is 0.0525. The van der Waals surface area contributed by atoms with Gasteiger partial charge in [-0.1, -0.05) is 20.8 Å². The number of likely N-dealkylation sites (tertiary alicyclic amines) is 1. The Labute approximate surface area is 180 Å². The molecule has 2 rings (SSSR count). The molecule has 0 spiro atoms. The van der Waals surface area contributed by atoms with Crippen LogP contribution in [-0.4, -0.2) is 68.1 Å². The molecule has 7 nitrogen and oxygen atoms in total. The molecule has 1 aromatic rings. The van der Waals surface area contributed by atoms with Crippen LogP contribution in [0.25, 0.3) is 0 Å². The van der Waals surface area contributed by atoms with Crippen molar-refractivity contribution in [3.8, 4) is 11.5 Å². The number of hydrogen-bond acceptors (Lipinski definition) is 5. The molecule has 0 aromatic heterocycles. The lowest BCUT2D eigenvalue weighted by Crippen LogP contribution is -2.43. The molecule has 1 aliphatic heterocycles. The fourth-order valence-electron chi connectivity index (χ4n) is 3.73. The monoisotopic (exact) mass is 419 g/mol. The Kier molecular flexibility index (Phi) is 9.94. The van der Waals surface area contributed by atoms with Crippen molar-refractivity contribution in [2.24, 2.45) is 5.92 Å². The van der Waals surface area contributed by atoms with Gasteiger partial charge in [0.1, 0.15) is 6.61 Å². The maximum absolute atomic E-state index is 12.8. The lowest BCUT2D eigenvalue weighted by Gasteiger charge is -2.32. The van der Waals surface area contributed by atoms with Crippen LogP contribution in [0.15, 0.2) is 18.2 Å². The second kappa shape index (κ2) is 12.4. The van der Waals surface area contributed by atoms with Gasteiger partial charge in [-0.15, -0.1) is 0 Å². The van der Waals surface area contributed by atoms with Gasteiger partial charge in [0.05, 0.1) is 13.0 Å². The number of hydrogen-bond donors (Lipinski definition) is 1. The summed E-state index contributed by atoms with van der Waals surface area (Å²) in [5.41, 5.74) is 0.677. The number of benzene rings is 1. The molecular formula is C23H37N3O4. The minimum Gasteiger partial charge on any atom is -0.493 e. The SMILES string of the molecule is CCCC(=O)N1CCCC(C(=O)Nc2ccc(OC)c(OCCN(CC)CC)c2)C1. The number of piperidine rings is 1. The molecule has 0 bridgehead atoms. The summed E-state index contributed by atoms with van der Waals surface area (Å²) in [4.78, 5) is 29.1. The van der Waals surface area contributed by atoms with Gasteiger partial charge in [0.15, 0.2) is 11.5 Å². The molecule has 0 aliphatic carbocycles. The Morgan fingerprint density at radius 2 is 1.97 bits per heavy atom. The summed E-state index contributed by atoms with van der Waals surface area (Å²) in [6.07, 6.45) is 3.02. The third kappa shape index (κ3) is 6.90. The van der Waals surface area contributed by atoms with Crippen LogP contribution in [0, 0.1) is 5.92 Å². The number of likely N-dealkylation sites (N-methyl/N-ethyl adjacent to an activating group) is 1. The quantitative estimate of drug-likeness (QED) is 0.595. The summed E-state index contributed by atoms with van der Waals surface area (Å²) in [5.74, 6) is 1.16. The number of rotatable bonds is 11. The first-order valence-electron chi connectivity index (χ1n) is 11.1. The van der Waals surface area contributed by atoms with Crippen molar-refractivity contribution < 1.29 is 19.1 Å². The number of methoxy groups -OCH3 is 1. The fraction of sp³-hybridized carbons (Fsp3) is 0.652. The molecule has 1 heterocycles. The van der Waals surface area contributed by atoms with Crippen LogP contribution in [0.3, 0.4) is 0 Å². The van der Waals surface area contributed by atoms with Gasteiger partial charge in [-0.25, -0.2) is 0 Å². The molecule has 1 unspecified atom stereocenters. The number of ether oxygens (including phenoxy) is 2. The predicted octanol–water partition coefficient (Wildman–Crippen LogP) is 3.39. The molecule has 2 amide bonds. The molecule has 0 radical (unpaired) electrons. The summed E-state index contributed by atoms with van der Waals surface area (Å²) >= 11 is 0. The summed E-state index contributed by atoms with van der Waals surface area (Å²) in [6.45, 7) is 10.8. The van der Waals surface area contributed by atoms with Gasteiger partial charge in [0, 0.05) is 37.8 Å². The number of carbonyl (C=O) groups is 2. The molecule has 1 fully saturated rings. The van der Waals surface area contributed by atoms with Gasteiger partial charge < -0.3 is 24.6 Å². The number of anilines is 1. The molecular weight excluding hydrogens is 382 g/mol. The first-order chi connectivity index (χ1) is 14.5. The van der Waals surface area contributed by atoms with E-state index in [9.17, 15) is 9.59 Å². The zero-order valence-corrected chi connectivity index (χ0v) is 18.9. The molecule has 1 saturated heterocycles. The largest absolute Gasteiger partial charge is 0.493 e. The van der Waals surface area contributed by atoms with Crippen LogP contribution < -0.4 is 14.8 Å². The van der Waals surface area contributed by atoms with E-state index >= 15 is 0 Å². The van der Waals surface area contributed by atoms with E-state index in [1.54, 1.807) is 13.2 Å². The van der Waals surface area contributed by atoms with Crippen LogP contribution in [0.5, 0.6) is 11.5 Å².